The van der Waals surface area contributed by atoms with Crippen LogP contribution in [0, 0.1) is 5.92 Å². The van der Waals surface area contributed by atoms with Crippen molar-refractivity contribution in [2.45, 2.75) is 37.6 Å². The zero-order valence-electron chi connectivity index (χ0n) is 15.5. The summed E-state index contributed by atoms with van der Waals surface area (Å²) in [4.78, 5) is 25.1. The summed E-state index contributed by atoms with van der Waals surface area (Å²) < 4.78 is 20.1. The number of nitrogens with two attached hydrogens (primary N) is 1. The SMILES string of the molecule is CN(C=O)C(N)=NC1c2cc(-c3cncnc3)ccc2OC2CC(F)CCC21. The van der Waals surface area contributed by atoms with E-state index < -0.39 is 6.17 Å². The highest BCUT2D eigenvalue weighted by Crippen LogP contribution is 2.48. The molecule has 1 amide bonds. The summed E-state index contributed by atoms with van der Waals surface area (Å²) >= 11 is 0. The quantitative estimate of drug-likeness (QED) is 0.499. The summed E-state index contributed by atoms with van der Waals surface area (Å²) in [5.74, 6) is 0.800. The van der Waals surface area contributed by atoms with Gasteiger partial charge in [0.25, 0.3) is 0 Å². The number of benzene rings is 1. The van der Waals surface area contributed by atoms with Gasteiger partial charge in [-0.2, -0.15) is 0 Å². The maximum Gasteiger partial charge on any atom is 0.216 e. The van der Waals surface area contributed by atoms with Crippen LogP contribution < -0.4 is 10.5 Å². The Balaban J connectivity index is 1.79. The molecule has 4 rings (SSSR count). The van der Waals surface area contributed by atoms with E-state index in [4.69, 9.17) is 10.5 Å². The number of halogens is 1. The first-order valence-corrected chi connectivity index (χ1v) is 9.28. The predicted octanol–water partition coefficient (Wildman–Crippen LogP) is 2.49. The minimum absolute atomic E-state index is 0.000348. The molecule has 4 unspecified atom stereocenters. The van der Waals surface area contributed by atoms with E-state index in [9.17, 15) is 9.18 Å². The van der Waals surface area contributed by atoms with Gasteiger partial charge in [-0.25, -0.2) is 19.4 Å². The molecule has 146 valence electrons. The lowest BCUT2D eigenvalue weighted by molar-refractivity contribution is -0.114. The molecular weight excluding hydrogens is 361 g/mol. The van der Waals surface area contributed by atoms with Gasteiger partial charge >= 0.3 is 0 Å². The van der Waals surface area contributed by atoms with Gasteiger partial charge in [0.05, 0.1) is 6.04 Å². The molecule has 1 aliphatic heterocycles. The van der Waals surface area contributed by atoms with Crippen LogP contribution in [0.15, 0.2) is 41.9 Å². The number of amides is 1. The number of alkyl halides is 1. The molecule has 0 radical (unpaired) electrons. The van der Waals surface area contributed by atoms with E-state index in [2.05, 4.69) is 15.0 Å². The topological polar surface area (TPSA) is 93.7 Å². The van der Waals surface area contributed by atoms with Crippen molar-refractivity contribution in [2.24, 2.45) is 16.6 Å². The molecule has 2 aromatic rings. The van der Waals surface area contributed by atoms with E-state index in [1.54, 1.807) is 19.4 Å². The van der Waals surface area contributed by atoms with Crippen LogP contribution in [-0.2, 0) is 4.79 Å². The fourth-order valence-corrected chi connectivity index (χ4v) is 3.96. The molecule has 28 heavy (non-hydrogen) atoms. The smallest absolute Gasteiger partial charge is 0.216 e. The van der Waals surface area contributed by atoms with Crippen molar-refractivity contribution < 1.29 is 13.9 Å². The summed E-state index contributed by atoms with van der Waals surface area (Å²) in [6.45, 7) is 0. The van der Waals surface area contributed by atoms with Gasteiger partial charge < -0.3 is 10.5 Å². The molecule has 1 aromatic carbocycles. The van der Waals surface area contributed by atoms with E-state index in [1.165, 1.54) is 11.2 Å². The molecule has 1 fully saturated rings. The summed E-state index contributed by atoms with van der Waals surface area (Å²) in [5, 5.41) is 0. The minimum Gasteiger partial charge on any atom is -0.490 e. The average molecular weight is 383 g/mol. The highest BCUT2D eigenvalue weighted by Gasteiger charge is 2.42. The molecular formula is C20H22FN5O2. The van der Waals surface area contributed by atoms with E-state index >= 15 is 0 Å². The third kappa shape index (κ3) is 3.42. The summed E-state index contributed by atoms with van der Waals surface area (Å²) in [6.07, 6.45) is 5.91. The number of ether oxygens (including phenoxy) is 1. The molecule has 0 saturated heterocycles. The van der Waals surface area contributed by atoms with Crippen LogP contribution >= 0.6 is 0 Å². The first-order chi connectivity index (χ1) is 13.6. The number of nitrogens with zero attached hydrogens (tertiary/aromatic N) is 4. The lowest BCUT2D eigenvalue weighted by atomic mass is 9.76. The van der Waals surface area contributed by atoms with Gasteiger partial charge in [-0.1, -0.05) is 6.07 Å². The third-order valence-electron chi connectivity index (χ3n) is 5.48. The van der Waals surface area contributed by atoms with Crippen molar-refractivity contribution in [1.29, 1.82) is 0 Å². The molecule has 1 aliphatic carbocycles. The highest BCUT2D eigenvalue weighted by molar-refractivity contribution is 5.87. The first kappa shape index (κ1) is 18.3. The van der Waals surface area contributed by atoms with Gasteiger partial charge in [0.1, 0.15) is 24.4 Å². The first-order valence-electron chi connectivity index (χ1n) is 9.28. The average Bonchev–Trinajstić information content (AvgIpc) is 2.73. The van der Waals surface area contributed by atoms with Gasteiger partial charge in [0.2, 0.25) is 6.41 Å². The number of carbonyl (C=O) groups is 1. The fourth-order valence-electron chi connectivity index (χ4n) is 3.96. The Morgan fingerprint density at radius 3 is 2.86 bits per heavy atom. The number of guanidine groups is 1. The van der Waals surface area contributed by atoms with Crippen LogP contribution in [0.5, 0.6) is 5.75 Å². The number of rotatable bonds is 3. The van der Waals surface area contributed by atoms with Gasteiger partial charge in [-0.15, -0.1) is 0 Å². The highest BCUT2D eigenvalue weighted by atomic mass is 19.1. The maximum absolute atomic E-state index is 14.0. The second-order valence-corrected chi connectivity index (χ2v) is 7.26. The second-order valence-electron chi connectivity index (χ2n) is 7.26. The number of carbonyl (C=O) groups excluding carboxylic acids is 1. The Bertz CT molecular complexity index is 891. The monoisotopic (exact) mass is 383 g/mol. The minimum atomic E-state index is -0.872. The Labute approximate surface area is 162 Å². The van der Waals surface area contributed by atoms with Crippen molar-refractivity contribution in [3.63, 3.8) is 0 Å². The lowest BCUT2D eigenvalue weighted by Gasteiger charge is -2.42. The van der Waals surface area contributed by atoms with Crippen LogP contribution in [0.25, 0.3) is 11.1 Å². The number of hydrogen-bond acceptors (Lipinski definition) is 5. The van der Waals surface area contributed by atoms with Crippen LogP contribution in [0.3, 0.4) is 0 Å². The van der Waals surface area contributed by atoms with Crippen molar-refractivity contribution >= 4 is 12.4 Å². The Morgan fingerprint density at radius 1 is 1.32 bits per heavy atom. The molecule has 1 aromatic heterocycles. The van der Waals surface area contributed by atoms with Gasteiger partial charge in [0.15, 0.2) is 5.96 Å². The third-order valence-corrected chi connectivity index (χ3v) is 5.48. The van der Waals surface area contributed by atoms with Crippen molar-refractivity contribution in [1.82, 2.24) is 14.9 Å². The van der Waals surface area contributed by atoms with E-state index in [-0.39, 0.29) is 24.0 Å². The molecule has 8 heteroatoms. The standard InChI is InChI=1S/C20H22FN5O2/c1-26(11-27)20(22)25-19-15-4-3-14(21)7-18(15)28-17-5-2-12(6-16(17)19)13-8-23-10-24-9-13/h2,5-6,8-11,14-15,18-19H,3-4,7H2,1H3,(H2,22,25). The second kappa shape index (κ2) is 7.53. The van der Waals surface area contributed by atoms with Crippen molar-refractivity contribution in [2.75, 3.05) is 7.05 Å². The Hall–Kier alpha value is -3.03. The van der Waals surface area contributed by atoms with E-state index in [0.29, 0.717) is 31.4 Å². The van der Waals surface area contributed by atoms with Crippen LogP contribution in [0.1, 0.15) is 30.9 Å². The van der Waals surface area contributed by atoms with E-state index in [1.807, 2.05) is 18.2 Å². The zero-order chi connectivity index (χ0) is 19.7. The zero-order valence-corrected chi connectivity index (χ0v) is 15.5. The predicted molar refractivity (Wildman–Crippen MR) is 102 cm³/mol. The number of hydrogen-bond donors (Lipinski definition) is 1. The van der Waals surface area contributed by atoms with Crippen molar-refractivity contribution in [3.05, 3.63) is 42.5 Å². The number of aliphatic imine (C=N–C) groups is 1. The Kier molecular flexibility index (Phi) is 4.93. The number of fused-ring (bicyclic) bond motifs is 2. The lowest BCUT2D eigenvalue weighted by Crippen LogP contribution is -2.42. The number of aromatic nitrogens is 2. The summed E-state index contributed by atoms with van der Waals surface area (Å²) in [7, 11) is 1.56. The largest absolute Gasteiger partial charge is 0.490 e. The molecule has 0 bridgehead atoms. The molecule has 2 N–H and O–H groups in total. The summed E-state index contributed by atoms with van der Waals surface area (Å²) in [6, 6.07) is 5.48. The van der Waals surface area contributed by atoms with Gasteiger partial charge in [0, 0.05) is 42.9 Å². The Morgan fingerprint density at radius 2 is 2.11 bits per heavy atom. The molecule has 1 saturated carbocycles. The van der Waals surface area contributed by atoms with Gasteiger partial charge in [-0.05, 0) is 30.5 Å². The normalized spacial score (nSPS) is 26.6. The maximum atomic E-state index is 14.0. The summed E-state index contributed by atoms with van der Waals surface area (Å²) in [5.41, 5.74) is 8.71. The molecule has 0 spiro atoms. The molecule has 2 heterocycles. The van der Waals surface area contributed by atoms with Crippen LogP contribution in [0.4, 0.5) is 4.39 Å². The van der Waals surface area contributed by atoms with Gasteiger partial charge in [-0.3, -0.25) is 9.69 Å². The van der Waals surface area contributed by atoms with Crippen LogP contribution in [0.2, 0.25) is 0 Å². The molecule has 4 atom stereocenters. The van der Waals surface area contributed by atoms with Crippen molar-refractivity contribution in [3.8, 4) is 16.9 Å². The van der Waals surface area contributed by atoms with Crippen LogP contribution in [-0.4, -0.2) is 46.6 Å². The molecule has 7 nitrogen and oxygen atoms in total. The molecule has 2 aliphatic rings. The van der Waals surface area contributed by atoms with E-state index in [0.717, 1.165) is 16.7 Å². The fraction of sp³-hybridized carbons (Fsp3) is 0.400.